The van der Waals surface area contributed by atoms with Crippen molar-refractivity contribution in [3.8, 4) is 0 Å². The van der Waals surface area contributed by atoms with Crippen molar-refractivity contribution < 1.29 is 34.1 Å². The lowest BCUT2D eigenvalue weighted by molar-refractivity contribution is -0.154. The lowest BCUT2D eigenvalue weighted by Crippen LogP contribution is -2.45. The molecular weight excluding hydrogens is 412 g/mol. The number of aliphatic hydroxyl groups is 2. The van der Waals surface area contributed by atoms with Crippen LogP contribution < -0.4 is 0 Å². The van der Waals surface area contributed by atoms with Gasteiger partial charge >= 0.3 is 17.9 Å². The van der Waals surface area contributed by atoms with Crippen LogP contribution in [0.2, 0.25) is 0 Å². The van der Waals surface area contributed by atoms with Gasteiger partial charge in [-0.25, -0.2) is 0 Å². The highest BCUT2D eigenvalue weighted by Crippen LogP contribution is 2.68. The number of aliphatic hydroxyl groups excluding tert-OH is 2. The van der Waals surface area contributed by atoms with E-state index in [4.69, 9.17) is 14.6 Å². The van der Waals surface area contributed by atoms with E-state index in [1.807, 2.05) is 6.92 Å². The van der Waals surface area contributed by atoms with E-state index in [9.17, 15) is 19.5 Å². The minimum absolute atomic E-state index is 0.0185. The number of carbonyl (C=O) groups is 3. The van der Waals surface area contributed by atoms with Crippen LogP contribution in [-0.2, 0) is 23.9 Å². The van der Waals surface area contributed by atoms with Crippen molar-refractivity contribution in [2.24, 2.45) is 71.0 Å². The molecule has 7 heteroatoms. The normalized spacial score (nSPS) is 49.1. The standard InChI is InChI=1S/C25H36O7/c1-11-16-7-14(9-18(16)24(29)31-5-3-4-26)19(11)22-17-8-13(6-15(17)10-27)21(22)20-12(2)23(28)32-25(20)30/h11-22,26-27H,3-10H2,1-2H3. The van der Waals surface area contributed by atoms with Crippen molar-refractivity contribution in [1.29, 1.82) is 0 Å². The first kappa shape index (κ1) is 22.3. The highest BCUT2D eigenvalue weighted by molar-refractivity contribution is 5.96. The van der Waals surface area contributed by atoms with E-state index in [1.165, 1.54) is 0 Å². The minimum Gasteiger partial charge on any atom is -0.465 e. The molecule has 0 spiro atoms. The van der Waals surface area contributed by atoms with Crippen LogP contribution in [0.1, 0.15) is 46.0 Å². The van der Waals surface area contributed by atoms with Gasteiger partial charge in [0.1, 0.15) is 0 Å². The number of cyclic esters (lactones) is 2. The van der Waals surface area contributed by atoms with E-state index in [1.54, 1.807) is 0 Å². The maximum Gasteiger partial charge on any atom is 0.317 e. The Morgan fingerprint density at radius 3 is 2.31 bits per heavy atom. The van der Waals surface area contributed by atoms with E-state index in [-0.39, 0.29) is 61.3 Å². The number of rotatable bonds is 7. The first-order valence-electron chi connectivity index (χ1n) is 12.5. The van der Waals surface area contributed by atoms with Crippen molar-refractivity contribution in [2.75, 3.05) is 19.8 Å². The van der Waals surface area contributed by atoms with Gasteiger partial charge in [0.25, 0.3) is 0 Å². The lowest BCUT2D eigenvalue weighted by atomic mass is 9.57. The molecule has 7 nitrogen and oxygen atoms in total. The molecule has 5 fully saturated rings. The highest BCUT2D eigenvalue weighted by atomic mass is 16.6. The molecule has 0 amide bonds. The van der Waals surface area contributed by atoms with Crippen molar-refractivity contribution in [2.45, 2.75) is 46.0 Å². The Kier molecular flexibility index (Phi) is 5.85. The molecule has 0 radical (unpaired) electrons. The summed E-state index contributed by atoms with van der Waals surface area (Å²) in [6.45, 7) is 4.55. The zero-order valence-corrected chi connectivity index (χ0v) is 19.0. The SMILES string of the molecule is CC1C(=O)OC(=O)C1C1C2CC(CO)C(C2)C1C1C2CC(C(=O)OCCCO)C(C2)C1C. The molecule has 5 rings (SSSR count). The number of hydrogen-bond donors (Lipinski definition) is 2. The first-order valence-corrected chi connectivity index (χ1v) is 12.5. The fraction of sp³-hybridized carbons (Fsp3) is 0.880. The molecule has 4 bridgehead atoms. The summed E-state index contributed by atoms with van der Waals surface area (Å²) in [5, 5.41) is 19.0. The summed E-state index contributed by atoms with van der Waals surface area (Å²) in [6.07, 6.45) is 4.26. The predicted octanol–water partition coefficient (Wildman–Crippen LogP) is 2.04. The summed E-state index contributed by atoms with van der Waals surface area (Å²) >= 11 is 0. The maximum absolute atomic E-state index is 12.7. The van der Waals surface area contributed by atoms with Gasteiger partial charge in [-0.15, -0.1) is 0 Å². The molecule has 12 atom stereocenters. The zero-order valence-electron chi connectivity index (χ0n) is 19.0. The molecule has 0 aromatic rings. The van der Waals surface area contributed by atoms with E-state index >= 15 is 0 Å². The van der Waals surface area contributed by atoms with E-state index in [0.717, 1.165) is 25.7 Å². The molecule has 1 heterocycles. The van der Waals surface area contributed by atoms with Crippen LogP contribution in [0.5, 0.6) is 0 Å². The Hall–Kier alpha value is -1.47. The van der Waals surface area contributed by atoms with Gasteiger partial charge in [-0.3, -0.25) is 14.4 Å². The third-order valence-electron chi connectivity index (χ3n) is 10.1. The topological polar surface area (TPSA) is 110 Å². The van der Waals surface area contributed by atoms with Crippen LogP contribution in [0.15, 0.2) is 0 Å². The second kappa shape index (κ2) is 8.39. The average molecular weight is 449 g/mol. The van der Waals surface area contributed by atoms with Crippen molar-refractivity contribution in [3.63, 3.8) is 0 Å². The third kappa shape index (κ3) is 3.25. The zero-order chi connectivity index (χ0) is 22.7. The van der Waals surface area contributed by atoms with E-state index < -0.39 is 11.9 Å². The average Bonchev–Trinajstić information content (AvgIpc) is 3.55. The monoisotopic (exact) mass is 448 g/mol. The largest absolute Gasteiger partial charge is 0.465 e. The second-order valence-electron chi connectivity index (χ2n) is 11.2. The van der Waals surface area contributed by atoms with Crippen LogP contribution in [0.25, 0.3) is 0 Å². The van der Waals surface area contributed by atoms with Crippen molar-refractivity contribution in [1.82, 2.24) is 0 Å². The molecule has 0 aromatic carbocycles. The molecule has 178 valence electrons. The van der Waals surface area contributed by atoms with E-state index in [0.29, 0.717) is 41.9 Å². The Morgan fingerprint density at radius 1 is 0.969 bits per heavy atom. The molecule has 0 aromatic heterocycles. The lowest BCUT2D eigenvalue weighted by Gasteiger charge is -2.46. The fourth-order valence-corrected chi connectivity index (χ4v) is 8.97. The predicted molar refractivity (Wildman–Crippen MR) is 113 cm³/mol. The summed E-state index contributed by atoms with van der Waals surface area (Å²) in [4.78, 5) is 37.6. The maximum atomic E-state index is 12.7. The van der Waals surface area contributed by atoms with Crippen molar-refractivity contribution in [3.05, 3.63) is 0 Å². The van der Waals surface area contributed by atoms with Gasteiger partial charge in [0.2, 0.25) is 0 Å². The van der Waals surface area contributed by atoms with Gasteiger partial charge in [0, 0.05) is 19.6 Å². The molecular formula is C25H36O7. The molecule has 32 heavy (non-hydrogen) atoms. The number of carbonyl (C=O) groups excluding carboxylic acids is 3. The van der Waals surface area contributed by atoms with Crippen LogP contribution in [0, 0.1) is 71.0 Å². The molecule has 12 unspecified atom stereocenters. The number of hydrogen-bond acceptors (Lipinski definition) is 7. The molecule has 5 aliphatic rings. The smallest absolute Gasteiger partial charge is 0.317 e. The van der Waals surface area contributed by atoms with Crippen molar-refractivity contribution >= 4 is 17.9 Å². The molecule has 4 aliphatic carbocycles. The summed E-state index contributed by atoms with van der Waals surface area (Å²) in [5.41, 5.74) is 0. The van der Waals surface area contributed by atoms with Crippen LogP contribution >= 0.6 is 0 Å². The van der Waals surface area contributed by atoms with Gasteiger partial charge in [-0.2, -0.15) is 0 Å². The van der Waals surface area contributed by atoms with Crippen LogP contribution in [0.3, 0.4) is 0 Å². The minimum atomic E-state index is -0.398. The highest BCUT2D eigenvalue weighted by Gasteiger charge is 2.65. The summed E-state index contributed by atoms with van der Waals surface area (Å²) in [6, 6.07) is 0. The third-order valence-corrected chi connectivity index (χ3v) is 10.1. The first-order chi connectivity index (χ1) is 15.4. The summed E-state index contributed by atoms with van der Waals surface area (Å²) in [7, 11) is 0. The van der Waals surface area contributed by atoms with Crippen LogP contribution in [0.4, 0.5) is 0 Å². The molecule has 4 saturated carbocycles. The number of fused-ring (bicyclic) bond motifs is 4. The van der Waals surface area contributed by atoms with Gasteiger partial charge in [0.05, 0.1) is 24.4 Å². The Labute approximate surface area is 189 Å². The Balaban J connectivity index is 1.38. The van der Waals surface area contributed by atoms with Gasteiger partial charge in [-0.1, -0.05) is 13.8 Å². The Morgan fingerprint density at radius 2 is 1.69 bits per heavy atom. The second-order valence-corrected chi connectivity index (χ2v) is 11.2. The molecule has 1 aliphatic heterocycles. The fourth-order valence-electron chi connectivity index (χ4n) is 8.97. The van der Waals surface area contributed by atoms with Gasteiger partial charge < -0.3 is 19.7 Å². The number of ether oxygens (including phenoxy) is 2. The quantitative estimate of drug-likeness (QED) is 0.348. The molecule has 1 saturated heterocycles. The summed E-state index contributed by atoms with van der Waals surface area (Å²) in [5.74, 6) is 1.18. The summed E-state index contributed by atoms with van der Waals surface area (Å²) < 4.78 is 10.5. The van der Waals surface area contributed by atoms with Gasteiger partial charge in [-0.05, 0) is 78.9 Å². The van der Waals surface area contributed by atoms with E-state index in [2.05, 4.69) is 6.92 Å². The molecule has 2 N–H and O–H groups in total. The van der Waals surface area contributed by atoms with Gasteiger partial charge in [0.15, 0.2) is 0 Å². The van der Waals surface area contributed by atoms with Crippen LogP contribution in [-0.4, -0.2) is 47.9 Å². The number of esters is 3. The Bertz CT molecular complexity index is 778.